The fourth-order valence-corrected chi connectivity index (χ4v) is 10.3. The van der Waals surface area contributed by atoms with Gasteiger partial charge in [0.2, 0.25) is 19.7 Å². The SMILES string of the molecule is CN1CC[C@@H]2Nc3ccc(S(=O)(=O)c4ccc(F)cc4)cc3[C@@H]2CC1.CN1CC[C@@H]2Nc3ccc(S(=O)(=O)c4ccccc4)cc3[C@@H]2CC1. The molecular formula is C38H43FN4O4S2. The van der Waals surface area contributed by atoms with E-state index in [-0.39, 0.29) is 9.79 Å². The Morgan fingerprint density at radius 3 is 1.43 bits per heavy atom. The van der Waals surface area contributed by atoms with Crippen LogP contribution in [0.1, 0.15) is 48.6 Å². The molecule has 49 heavy (non-hydrogen) atoms. The second-order valence-electron chi connectivity index (χ2n) is 13.7. The Bertz CT molecular complexity index is 2040. The van der Waals surface area contributed by atoms with Crippen molar-refractivity contribution >= 4 is 31.0 Å². The largest absolute Gasteiger partial charge is 0.381 e. The lowest BCUT2D eigenvalue weighted by atomic mass is 9.91. The van der Waals surface area contributed by atoms with Crippen molar-refractivity contribution in [1.29, 1.82) is 0 Å². The summed E-state index contributed by atoms with van der Waals surface area (Å²) < 4.78 is 64.6. The summed E-state index contributed by atoms with van der Waals surface area (Å²) in [6.45, 7) is 4.19. The molecule has 4 atom stereocenters. The Kier molecular flexibility index (Phi) is 9.29. The van der Waals surface area contributed by atoms with Gasteiger partial charge in [0.25, 0.3) is 0 Å². The van der Waals surface area contributed by atoms with E-state index < -0.39 is 25.5 Å². The fraction of sp³-hybridized carbons (Fsp3) is 0.368. The van der Waals surface area contributed by atoms with Crippen molar-refractivity contribution in [3.63, 3.8) is 0 Å². The molecule has 0 saturated carbocycles. The minimum Gasteiger partial charge on any atom is -0.381 e. The molecule has 0 amide bonds. The van der Waals surface area contributed by atoms with Crippen LogP contribution in [0.4, 0.5) is 15.8 Å². The van der Waals surface area contributed by atoms with E-state index in [4.69, 9.17) is 0 Å². The zero-order valence-corrected chi connectivity index (χ0v) is 29.5. The van der Waals surface area contributed by atoms with Gasteiger partial charge >= 0.3 is 0 Å². The monoisotopic (exact) mass is 702 g/mol. The van der Waals surface area contributed by atoms with Gasteiger partial charge in [-0.25, -0.2) is 21.2 Å². The van der Waals surface area contributed by atoms with Crippen molar-refractivity contribution < 1.29 is 21.2 Å². The zero-order chi connectivity index (χ0) is 34.3. The van der Waals surface area contributed by atoms with Gasteiger partial charge in [0.1, 0.15) is 5.82 Å². The van der Waals surface area contributed by atoms with Crippen LogP contribution in [0.15, 0.2) is 111 Å². The number of nitrogens with zero attached hydrogens (tertiary/aromatic N) is 2. The molecule has 0 spiro atoms. The first-order valence-corrected chi connectivity index (χ1v) is 20.0. The van der Waals surface area contributed by atoms with E-state index in [0.29, 0.717) is 33.7 Å². The lowest BCUT2D eigenvalue weighted by molar-refractivity contribution is 0.346. The molecule has 8 nitrogen and oxygen atoms in total. The van der Waals surface area contributed by atoms with Gasteiger partial charge in [-0.15, -0.1) is 0 Å². The smallest absolute Gasteiger partial charge is 0.206 e. The van der Waals surface area contributed by atoms with E-state index >= 15 is 0 Å². The summed E-state index contributed by atoms with van der Waals surface area (Å²) in [5, 5.41) is 7.15. The Morgan fingerprint density at radius 2 is 0.959 bits per heavy atom. The summed E-state index contributed by atoms with van der Waals surface area (Å²) >= 11 is 0. The van der Waals surface area contributed by atoms with Gasteiger partial charge in [0, 0.05) is 35.3 Å². The molecule has 4 heterocycles. The molecule has 8 rings (SSSR count). The summed E-state index contributed by atoms with van der Waals surface area (Å²) in [6.07, 6.45) is 4.23. The number of hydrogen-bond donors (Lipinski definition) is 2. The molecule has 2 N–H and O–H groups in total. The van der Waals surface area contributed by atoms with Gasteiger partial charge in [-0.2, -0.15) is 0 Å². The highest BCUT2D eigenvalue weighted by Gasteiger charge is 2.36. The van der Waals surface area contributed by atoms with Crippen LogP contribution in [0.25, 0.3) is 0 Å². The number of fused-ring (bicyclic) bond motifs is 6. The summed E-state index contributed by atoms with van der Waals surface area (Å²) in [4.78, 5) is 5.82. The zero-order valence-electron chi connectivity index (χ0n) is 27.8. The first kappa shape index (κ1) is 33.7. The average Bonchev–Trinajstić information content (AvgIpc) is 3.50. The minimum atomic E-state index is -3.64. The molecule has 4 aliphatic rings. The van der Waals surface area contributed by atoms with E-state index in [0.717, 1.165) is 74.4 Å². The molecule has 0 aliphatic carbocycles. The summed E-state index contributed by atoms with van der Waals surface area (Å²) in [5.41, 5.74) is 4.38. The van der Waals surface area contributed by atoms with Crippen LogP contribution in [-0.4, -0.2) is 79.0 Å². The maximum absolute atomic E-state index is 13.1. The van der Waals surface area contributed by atoms with Gasteiger partial charge < -0.3 is 20.4 Å². The third-order valence-corrected chi connectivity index (χ3v) is 14.1. The van der Waals surface area contributed by atoms with Crippen LogP contribution in [0.2, 0.25) is 0 Å². The normalized spacial score (nSPS) is 23.7. The second-order valence-corrected chi connectivity index (χ2v) is 17.6. The Hall–Kier alpha value is -3.77. The molecule has 0 aromatic heterocycles. The minimum absolute atomic E-state index is 0.122. The standard InChI is InChI=1S/C19H21FN2O2S.C19H22N2O2S/c1-22-10-8-16-17-12-15(6-7-18(17)21-19(16)9-11-22)25(23,24)14-4-2-13(20)3-5-14;1-21-11-9-16-17-13-15(7-8-18(17)20-19(16)10-12-21)24(22,23)14-5-3-2-4-6-14/h2-7,12,16,19,21H,8-11H2,1H3;2-8,13,16,19-20H,9-12H2,1H3/t2*16-,19-/m00/s1. The van der Waals surface area contributed by atoms with Gasteiger partial charge in [-0.1, -0.05) is 18.2 Å². The van der Waals surface area contributed by atoms with Crippen LogP contribution in [0.5, 0.6) is 0 Å². The van der Waals surface area contributed by atoms with Crippen LogP contribution < -0.4 is 10.6 Å². The Morgan fingerprint density at radius 1 is 0.551 bits per heavy atom. The first-order chi connectivity index (χ1) is 23.5. The highest BCUT2D eigenvalue weighted by Crippen LogP contribution is 2.43. The van der Waals surface area contributed by atoms with Gasteiger partial charge in [-0.3, -0.25) is 0 Å². The predicted molar refractivity (Wildman–Crippen MR) is 190 cm³/mol. The van der Waals surface area contributed by atoms with Crippen molar-refractivity contribution in [3.05, 3.63) is 108 Å². The Balaban J connectivity index is 0.000000154. The number of anilines is 2. The maximum atomic E-state index is 13.1. The highest BCUT2D eigenvalue weighted by atomic mass is 32.2. The number of likely N-dealkylation sites (tertiary alicyclic amines) is 2. The van der Waals surface area contributed by atoms with Crippen molar-refractivity contribution in [2.24, 2.45) is 0 Å². The second kappa shape index (κ2) is 13.5. The number of sulfone groups is 2. The number of nitrogens with one attached hydrogen (secondary N) is 2. The van der Waals surface area contributed by atoms with Crippen molar-refractivity contribution in [3.8, 4) is 0 Å². The van der Waals surface area contributed by atoms with Gasteiger partial charge in [0.05, 0.1) is 19.6 Å². The molecule has 0 unspecified atom stereocenters. The van der Waals surface area contributed by atoms with E-state index in [1.807, 2.05) is 24.3 Å². The van der Waals surface area contributed by atoms with Crippen LogP contribution in [0, 0.1) is 5.82 Å². The predicted octanol–water partition coefficient (Wildman–Crippen LogP) is 6.38. The van der Waals surface area contributed by atoms with E-state index in [1.165, 1.54) is 24.3 Å². The molecule has 2 fully saturated rings. The Labute approximate surface area is 289 Å². The summed E-state index contributed by atoms with van der Waals surface area (Å²) in [6, 6.07) is 25.3. The molecule has 2 saturated heterocycles. The molecule has 4 aromatic carbocycles. The molecule has 11 heteroatoms. The van der Waals surface area contributed by atoms with Gasteiger partial charge in [0.15, 0.2) is 0 Å². The van der Waals surface area contributed by atoms with Crippen LogP contribution in [-0.2, 0) is 19.7 Å². The van der Waals surface area contributed by atoms with E-state index in [1.54, 1.807) is 42.5 Å². The van der Waals surface area contributed by atoms with Gasteiger partial charge in [-0.05, 0) is 150 Å². The van der Waals surface area contributed by atoms with Crippen molar-refractivity contribution in [2.75, 3.05) is 50.9 Å². The molecule has 0 radical (unpaired) electrons. The third-order valence-electron chi connectivity index (χ3n) is 10.6. The first-order valence-electron chi connectivity index (χ1n) is 17.0. The lowest BCUT2D eigenvalue weighted by Gasteiger charge is -2.16. The molecule has 4 aliphatic heterocycles. The topological polar surface area (TPSA) is 98.8 Å². The highest BCUT2D eigenvalue weighted by molar-refractivity contribution is 7.91. The van der Waals surface area contributed by atoms with E-state index in [9.17, 15) is 21.2 Å². The van der Waals surface area contributed by atoms with Crippen LogP contribution >= 0.6 is 0 Å². The molecule has 0 bridgehead atoms. The average molecular weight is 703 g/mol. The van der Waals surface area contributed by atoms with Crippen molar-refractivity contribution in [1.82, 2.24) is 9.80 Å². The number of hydrogen-bond acceptors (Lipinski definition) is 8. The number of rotatable bonds is 4. The quantitative estimate of drug-likeness (QED) is 0.237. The molecule has 4 aromatic rings. The maximum Gasteiger partial charge on any atom is 0.206 e. The third kappa shape index (κ3) is 6.73. The fourth-order valence-electron chi connectivity index (χ4n) is 7.73. The van der Waals surface area contributed by atoms with Crippen molar-refractivity contribution in [2.45, 2.75) is 69.2 Å². The van der Waals surface area contributed by atoms with E-state index in [2.05, 4.69) is 34.5 Å². The van der Waals surface area contributed by atoms with Crippen LogP contribution in [0.3, 0.4) is 0 Å². The number of halogens is 1. The number of benzene rings is 4. The summed E-state index contributed by atoms with van der Waals surface area (Å²) in [7, 11) is -2.82. The molecular weight excluding hydrogens is 660 g/mol. The molecule has 258 valence electrons. The summed E-state index contributed by atoms with van der Waals surface area (Å²) in [5.74, 6) is 0.293. The lowest BCUT2D eigenvalue weighted by Crippen LogP contribution is -2.22.